The van der Waals surface area contributed by atoms with Crippen molar-refractivity contribution in [3.05, 3.63) is 41.8 Å². The summed E-state index contributed by atoms with van der Waals surface area (Å²) in [6.07, 6.45) is 0.667. The Morgan fingerprint density at radius 1 is 1.55 bits per heavy atom. The summed E-state index contributed by atoms with van der Waals surface area (Å²) in [7, 11) is 0. The van der Waals surface area contributed by atoms with Crippen molar-refractivity contribution in [1.29, 1.82) is 0 Å². The average Bonchev–Trinajstić information content (AvgIpc) is 3.06. The fraction of sp³-hybridized carbons (Fsp3) is 0.231. The van der Waals surface area contributed by atoms with Gasteiger partial charge in [-0.05, 0) is 12.1 Å². The molecule has 1 saturated heterocycles. The van der Waals surface area contributed by atoms with Gasteiger partial charge in [-0.25, -0.2) is 9.45 Å². The molecule has 1 amide bonds. The van der Waals surface area contributed by atoms with E-state index >= 15 is 0 Å². The minimum absolute atomic E-state index is 0.0822. The number of aromatic amines is 1. The van der Waals surface area contributed by atoms with Crippen LogP contribution in [-0.4, -0.2) is 45.5 Å². The van der Waals surface area contributed by atoms with Crippen molar-refractivity contribution >= 4 is 5.91 Å². The summed E-state index contributed by atoms with van der Waals surface area (Å²) in [5.74, 6) is -0.821. The normalized spacial score (nSPS) is 18.5. The Hall–Kier alpha value is -2.25. The molecule has 0 saturated carbocycles. The molecule has 6 nitrogen and oxygen atoms in total. The smallest absolute Gasteiger partial charge is 0.281 e. The Bertz CT molecular complexity index is 643. The second-order valence-corrected chi connectivity index (χ2v) is 4.48. The van der Waals surface area contributed by atoms with Crippen molar-refractivity contribution in [2.75, 3.05) is 13.2 Å². The fourth-order valence-electron chi connectivity index (χ4n) is 2.06. The minimum Gasteiger partial charge on any atom is -0.389 e. The molecule has 3 rings (SSSR count). The molecule has 0 bridgehead atoms. The fourth-order valence-corrected chi connectivity index (χ4v) is 2.06. The van der Waals surface area contributed by atoms with Crippen molar-refractivity contribution in [3.8, 4) is 11.3 Å². The van der Waals surface area contributed by atoms with Gasteiger partial charge >= 0.3 is 0 Å². The molecule has 1 fully saturated rings. The number of hydroxylamine groups is 2. The summed E-state index contributed by atoms with van der Waals surface area (Å²) in [6, 6.07) is 5.86. The van der Waals surface area contributed by atoms with Crippen molar-refractivity contribution in [2.24, 2.45) is 0 Å². The quantitative estimate of drug-likeness (QED) is 0.857. The minimum atomic E-state index is -0.691. The van der Waals surface area contributed by atoms with Crippen LogP contribution in [0.1, 0.15) is 10.4 Å². The number of H-pyrrole nitrogens is 1. The third-order valence-electron chi connectivity index (χ3n) is 3.01. The molecular weight excluding hydrogens is 265 g/mol. The third kappa shape index (κ3) is 2.28. The van der Waals surface area contributed by atoms with E-state index < -0.39 is 17.8 Å². The topological polar surface area (TPSA) is 78.5 Å². The van der Waals surface area contributed by atoms with Crippen LogP contribution in [0.4, 0.5) is 4.39 Å². The number of carbonyl (C=O) groups excluding carboxylic acids is 1. The highest BCUT2D eigenvalue weighted by atomic mass is 19.1. The van der Waals surface area contributed by atoms with Gasteiger partial charge in [0.1, 0.15) is 18.5 Å². The first-order valence-electron chi connectivity index (χ1n) is 6.07. The number of rotatable bonds is 2. The maximum absolute atomic E-state index is 13.3. The average molecular weight is 277 g/mol. The highest BCUT2D eigenvalue weighted by molar-refractivity contribution is 5.99. The molecule has 1 aromatic heterocycles. The number of aliphatic hydroxyl groups is 1. The van der Waals surface area contributed by atoms with Gasteiger partial charge in [0.15, 0.2) is 0 Å². The Morgan fingerprint density at radius 2 is 2.40 bits per heavy atom. The van der Waals surface area contributed by atoms with Crippen LogP contribution < -0.4 is 0 Å². The Balaban J connectivity index is 1.92. The number of β-amino-alcohol motifs (C(OH)–C–C–N with tert-alkyl or cyclic N) is 1. The second-order valence-electron chi connectivity index (χ2n) is 4.48. The lowest BCUT2D eigenvalue weighted by Gasteiger charge is -2.13. The van der Waals surface area contributed by atoms with E-state index in [4.69, 9.17) is 4.84 Å². The van der Waals surface area contributed by atoms with Gasteiger partial charge in [-0.1, -0.05) is 12.1 Å². The Labute approximate surface area is 113 Å². The lowest BCUT2D eigenvalue weighted by molar-refractivity contribution is -0.0779. The highest BCUT2D eigenvalue weighted by Gasteiger charge is 2.29. The number of carbonyl (C=O) groups is 1. The van der Waals surface area contributed by atoms with E-state index in [-0.39, 0.29) is 18.7 Å². The van der Waals surface area contributed by atoms with Gasteiger partial charge in [0, 0.05) is 5.56 Å². The summed E-state index contributed by atoms with van der Waals surface area (Å²) in [5.41, 5.74) is 1.20. The summed E-state index contributed by atoms with van der Waals surface area (Å²) >= 11 is 0. The number of hydrogen-bond acceptors (Lipinski definition) is 4. The van der Waals surface area contributed by atoms with Crippen LogP contribution in [-0.2, 0) is 4.84 Å². The highest BCUT2D eigenvalue weighted by Crippen LogP contribution is 2.24. The first-order chi connectivity index (χ1) is 9.65. The number of nitrogens with one attached hydrogen (secondary N) is 1. The van der Waals surface area contributed by atoms with Crippen LogP contribution in [0.3, 0.4) is 0 Å². The van der Waals surface area contributed by atoms with Crippen LogP contribution in [0.25, 0.3) is 11.3 Å². The summed E-state index contributed by atoms with van der Waals surface area (Å²) < 4.78 is 13.3. The van der Waals surface area contributed by atoms with Gasteiger partial charge in [0.2, 0.25) is 0 Å². The number of halogens is 1. The van der Waals surface area contributed by atoms with Gasteiger partial charge in [0.05, 0.1) is 24.0 Å². The van der Waals surface area contributed by atoms with Crippen molar-refractivity contribution < 1.29 is 19.1 Å². The molecule has 2 heterocycles. The third-order valence-corrected chi connectivity index (χ3v) is 3.01. The number of hydrogen-bond donors (Lipinski definition) is 2. The lowest BCUT2D eigenvalue weighted by Crippen LogP contribution is -2.28. The second kappa shape index (κ2) is 5.03. The molecule has 0 unspecified atom stereocenters. The van der Waals surface area contributed by atoms with Gasteiger partial charge in [-0.3, -0.25) is 14.7 Å². The predicted molar refractivity (Wildman–Crippen MR) is 67.0 cm³/mol. The van der Waals surface area contributed by atoms with E-state index in [1.54, 1.807) is 12.1 Å². The van der Waals surface area contributed by atoms with Crippen LogP contribution in [0, 0.1) is 5.82 Å². The van der Waals surface area contributed by atoms with Crippen LogP contribution >= 0.6 is 0 Å². The standard InChI is InChI=1S/C13H12FN3O3/c14-9-3-1-2-8(4-9)12-11(5-15-16-12)13(19)17-6-10(18)7-20-17/h1-5,10,18H,6-7H2,(H,15,16)/t10-/m0/s1. The first kappa shape index (κ1) is 12.8. The molecule has 20 heavy (non-hydrogen) atoms. The van der Waals surface area contributed by atoms with E-state index in [1.165, 1.54) is 18.3 Å². The lowest BCUT2D eigenvalue weighted by atomic mass is 10.1. The molecule has 7 heteroatoms. The van der Waals surface area contributed by atoms with Gasteiger partial charge in [0.25, 0.3) is 5.91 Å². The van der Waals surface area contributed by atoms with E-state index in [0.717, 1.165) is 5.06 Å². The van der Waals surface area contributed by atoms with E-state index in [1.807, 2.05) is 0 Å². The Kier molecular flexibility index (Phi) is 3.21. The number of nitrogens with zero attached hydrogens (tertiary/aromatic N) is 2. The summed E-state index contributed by atoms with van der Waals surface area (Å²) in [4.78, 5) is 17.4. The summed E-state index contributed by atoms with van der Waals surface area (Å²) in [5, 5.41) is 17.0. The maximum atomic E-state index is 13.3. The number of amides is 1. The molecule has 1 aliphatic rings. The molecular formula is C13H12FN3O3. The van der Waals surface area contributed by atoms with Crippen LogP contribution in [0.15, 0.2) is 30.5 Å². The molecule has 2 aromatic rings. The SMILES string of the molecule is O=C(c1cn[nH]c1-c1cccc(F)c1)N1C[C@H](O)CO1. The van der Waals surface area contributed by atoms with Gasteiger partial charge < -0.3 is 5.11 Å². The zero-order chi connectivity index (χ0) is 14.1. The van der Waals surface area contributed by atoms with Gasteiger partial charge in [-0.15, -0.1) is 0 Å². The monoisotopic (exact) mass is 277 g/mol. The molecule has 0 aliphatic carbocycles. The largest absolute Gasteiger partial charge is 0.389 e. The van der Waals surface area contributed by atoms with Crippen molar-refractivity contribution in [2.45, 2.75) is 6.10 Å². The Morgan fingerprint density at radius 3 is 3.10 bits per heavy atom. The number of aromatic nitrogens is 2. The molecule has 0 radical (unpaired) electrons. The molecule has 1 aliphatic heterocycles. The first-order valence-corrected chi connectivity index (χ1v) is 6.07. The number of aliphatic hydroxyl groups excluding tert-OH is 1. The predicted octanol–water partition coefficient (Wildman–Crippen LogP) is 0.964. The zero-order valence-corrected chi connectivity index (χ0v) is 10.4. The van der Waals surface area contributed by atoms with Crippen LogP contribution in [0.2, 0.25) is 0 Å². The molecule has 104 valence electrons. The molecule has 1 aromatic carbocycles. The maximum Gasteiger partial charge on any atom is 0.281 e. The van der Waals surface area contributed by atoms with Gasteiger partial charge in [-0.2, -0.15) is 5.10 Å². The van der Waals surface area contributed by atoms with Crippen LogP contribution in [0.5, 0.6) is 0 Å². The molecule has 1 atom stereocenters. The summed E-state index contributed by atoms with van der Waals surface area (Å²) in [6.45, 7) is 0.186. The van der Waals surface area contributed by atoms with E-state index in [2.05, 4.69) is 10.2 Å². The van der Waals surface area contributed by atoms with Crippen molar-refractivity contribution in [1.82, 2.24) is 15.3 Å². The molecule has 2 N–H and O–H groups in total. The molecule has 0 spiro atoms. The van der Waals surface area contributed by atoms with E-state index in [9.17, 15) is 14.3 Å². The zero-order valence-electron chi connectivity index (χ0n) is 10.4. The van der Waals surface area contributed by atoms with Crippen molar-refractivity contribution in [3.63, 3.8) is 0 Å². The van der Waals surface area contributed by atoms with E-state index in [0.29, 0.717) is 11.3 Å². The number of benzene rings is 1.